The van der Waals surface area contributed by atoms with Crippen molar-refractivity contribution in [2.45, 2.75) is 83.2 Å². The van der Waals surface area contributed by atoms with Crippen LogP contribution in [0.3, 0.4) is 0 Å². The number of halogens is 3. The number of fused-ring (bicyclic) bond motifs is 2. The van der Waals surface area contributed by atoms with E-state index in [0.29, 0.717) is 45.5 Å². The lowest BCUT2D eigenvalue weighted by Gasteiger charge is -2.38. The van der Waals surface area contributed by atoms with E-state index < -0.39 is 30.2 Å². The van der Waals surface area contributed by atoms with Crippen molar-refractivity contribution in [3.8, 4) is 0 Å². The first-order valence-corrected chi connectivity index (χ1v) is 32.6. The number of sulfonamides is 2. The van der Waals surface area contributed by atoms with Crippen molar-refractivity contribution in [2.75, 3.05) is 66.1 Å². The number of piperidine rings is 2. The van der Waals surface area contributed by atoms with Crippen molar-refractivity contribution in [2.24, 2.45) is 11.8 Å². The number of nitrogens with zero attached hydrogens (tertiary/aromatic N) is 9. The molecule has 27 heteroatoms. The molecule has 4 saturated heterocycles. The first kappa shape index (κ1) is 61.0. The molecule has 4 N–H and O–H groups in total. The highest BCUT2D eigenvalue weighted by Gasteiger charge is 2.35. The molecule has 4 aromatic heterocycles. The molecule has 2 atom stereocenters. The van der Waals surface area contributed by atoms with Gasteiger partial charge in [-0.05, 0) is 126 Å². The van der Waals surface area contributed by atoms with Crippen LogP contribution in [0.1, 0.15) is 108 Å². The van der Waals surface area contributed by atoms with Crippen molar-refractivity contribution in [1.29, 1.82) is 0 Å². The molecule has 0 saturated carbocycles. The lowest BCUT2D eigenvalue weighted by molar-refractivity contribution is 0.0600. The Hall–Kier alpha value is -6.12. The second-order valence-corrected chi connectivity index (χ2v) is 27.1. The third-order valence-electron chi connectivity index (χ3n) is 13.8. The summed E-state index contributed by atoms with van der Waals surface area (Å²) in [5.74, 6) is 2.02. The van der Waals surface area contributed by atoms with Gasteiger partial charge in [0.25, 0.3) is 21.9 Å². The van der Waals surface area contributed by atoms with Gasteiger partial charge in [0.15, 0.2) is 11.3 Å². The molecule has 4 aliphatic rings. The molecule has 81 heavy (non-hydrogen) atoms. The topological polar surface area (TPSA) is 263 Å². The number of aromatic nitrogens is 6. The Morgan fingerprint density at radius 3 is 1.49 bits per heavy atom. The number of carbonyl (C=O) groups excluding carboxylic acids is 2. The third kappa shape index (κ3) is 15.7. The SMILES string of the molecule is CC1CNC1.Cc1cn2nc([C@@H]3CCCCN3C(=O)c3cc(Cl)ccc3NS(C)(=O)=O)cc2nc1Cl.Cc1cn2nc([C@@H]3CCCCN3C(=O)c3cc(Cl)ccc3NS(C)(=O)=O)cc2nc1N1CC(C)C1.O=S(=O)(O)c1ccccc1. The quantitative estimate of drug-likeness (QED) is 0.0735. The maximum Gasteiger partial charge on any atom is 0.294 e. The normalized spacial score (nSPS) is 17.8. The Balaban J connectivity index is 0.000000170. The summed E-state index contributed by atoms with van der Waals surface area (Å²) in [5.41, 5.74) is 5.54. The largest absolute Gasteiger partial charge is 0.356 e. The van der Waals surface area contributed by atoms with E-state index in [4.69, 9.17) is 49.4 Å². The van der Waals surface area contributed by atoms with E-state index in [1.54, 1.807) is 55.4 Å². The number of aryl methyl sites for hydroxylation is 2. The van der Waals surface area contributed by atoms with Gasteiger partial charge in [0.2, 0.25) is 20.0 Å². The number of likely N-dealkylation sites (tertiary alicyclic amines) is 2. The lowest BCUT2D eigenvalue weighted by atomic mass is 9.98. The zero-order valence-corrected chi connectivity index (χ0v) is 50.3. The number of benzene rings is 3. The Labute approximate surface area is 487 Å². The van der Waals surface area contributed by atoms with Crippen LogP contribution in [-0.4, -0.2) is 132 Å². The standard InChI is InChI=1S/C24H29ClN6O3S.C20H21Cl2N5O3S.C6H6O3S.C4H9N/c1-15-12-29(13-15)23-16(2)14-31-22(26-23)11-20(27-31)21-6-4-5-9-30(21)24(32)18-10-17(25)7-8-19(18)28-35(3,33)34;1-12-11-27-18(23-19(12)22)10-16(24-27)17-5-3-4-8-26(17)20(28)14-9-13(21)6-7-15(14)25-31(2,29)30;7-10(8,9)6-4-2-1-3-5-6;1-4-2-5-3-4/h7-8,10-11,14-15,21,28H,4-6,9,12-13H2,1-3H3;6-7,9-11,17,25H,3-5,8H2,1-2H3;1-5H,(H,7,8,9);4-5H,2-3H2,1H3/t21-;17-;;/m00../s1. The molecular formula is C54H65Cl3N12O9S3. The van der Waals surface area contributed by atoms with Gasteiger partial charge in [-0.1, -0.05) is 66.8 Å². The van der Waals surface area contributed by atoms with E-state index in [2.05, 4.69) is 43.6 Å². The molecule has 0 radical (unpaired) electrons. The van der Waals surface area contributed by atoms with Gasteiger partial charge in [-0.25, -0.2) is 35.8 Å². The molecular weight excluding hydrogens is 1160 g/mol. The molecule has 434 valence electrons. The van der Waals surface area contributed by atoms with Crippen molar-refractivity contribution in [1.82, 2.24) is 44.3 Å². The summed E-state index contributed by atoms with van der Waals surface area (Å²) in [5, 5.41) is 13.7. The van der Waals surface area contributed by atoms with Crippen LogP contribution in [0.25, 0.3) is 11.3 Å². The van der Waals surface area contributed by atoms with Crippen molar-refractivity contribution < 1.29 is 39.4 Å². The molecule has 7 aromatic rings. The zero-order chi connectivity index (χ0) is 58.6. The second kappa shape index (κ2) is 25.6. The average Bonchev–Trinajstić information content (AvgIpc) is 4.15. The lowest BCUT2D eigenvalue weighted by Crippen LogP contribution is -2.46. The van der Waals surface area contributed by atoms with Crippen LogP contribution in [0, 0.1) is 25.7 Å². The van der Waals surface area contributed by atoms with Crippen LogP contribution in [0.5, 0.6) is 0 Å². The monoisotopic (exact) mass is 1230 g/mol. The fourth-order valence-electron chi connectivity index (χ4n) is 9.81. The van der Waals surface area contributed by atoms with Gasteiger partial charge >= 0.3 is 0 Å². The molecule has 0 unspecified atom stereocenters. The van der Waals surface area contributed by atoms with Crippen molar-refractivity contribution >= 4 is 105 Å². The predicted octanol–water partition coefficient (Wildman–Crippen LogP) is 9.13. The zero-order valence-electron chi connectivity index (χ0n) is 45.6. The molecule has 21 nitrogen and oxygen atoms in total. The summed E-state index contributed by atoms with van der Waals surface area (Å²) in [6.07, 6.45) is 11.0. The molecule has 4 fully saturated rings. The highest BCUT2D eigenvalue weighted by Crippen LogP contribution is 2.37. The Bertz CT molecular complexity index is 3750. The van der Waals surface area contributed by atoms with Gasteiger partial charge in [0.1, 0.15) is 11.0 Å². The number of anilines is 3. The number of carbonyl (C=O) groups is 2. The van der Waals surface area contributed by atoms with E-state index in [9.17, 15) is 34.8 Å². The highest BCUT2D eigenvalue weighted by atomic mass is 35.5. The summed E-state index contributed by atoms with van der Waals surface area (Å²) in [4.78, 5) is 42.2. The predicted molar refractivity (Wildman–Crippen MR) is 315 cm³/mol. The molecule has 11 rings (SSSR count). The van der Waals surface area contributed by atoms with Crippen molar-refractivity contribution in [3.05, 3.63) is 140 Å². The van der Waals surface area contributed by atoms with Gasteiger partial charge < -0.3 is 20.0 Å². The smallest absolute Gasteiger partial charge is 0.294 e. The van der Waals surface area contributed by atoms with Gasteiger partial charge in [-0.3, -0.25) is 23.6 Å². The van der Waals surface area contributed by atoms with E-state index >= 15 is 0 Å². The highest BCUT2D eigenvalue weighted by molar-refractivity contribution is 7.92. The number of hydrogen-bond donors (Lipinski definition) is 4. The Kier molecular flexibility index (Phi) is 19.2. The summed E-state index contributed by atoms with van der Waals surface area (Å²) in [7, 11) is -11.1. The first-order valence-electron chi connectivity index (χ1n) is 26.3. The molecule has 4 aliphatic heterocycles. The summed E-state index contributed by atoms with van der Waals surface area (Å²) >= 11 is 18.4. The molecule has 0 aliphatic carbocycles. The van der Waals surface area contributed by atoms with Crippen molar-refractivity contribution in [3.63, 3.8) is 0 Å². The Morgan fingerprint density at radius 2 is 1.09 bits per heavy atom. The number of rotatable bonds is 10. The second-order valence-electron chi connectivity index (χ2n) is 20.9. The van der Waals surface area contributed by atoms with Crippen LogP contribution < -0.4 is 19.7 Å². The maximum atomic E-state index is 13.7. The van der Waals surface area contributed by atoms with E-state index in [0.717, 1.165) is 98.3 Å². The average molecular weight is 1230 g/mol. The number of hydrogen-bond acceptors (Lipinski definition) is 14. The van der Waals surface area contributed by atoms with E-state index in [-0.39, 0.29) is 51.3 Å². The molecule has 2 amide bonds. The molecule has 0 spiro atoms. The van der Waals surface area contributed by atoms with Crippen LogP contribution in [0.15, 0.2) is 96.2 Å². The van der Waals surface area contributed by atoms with Gasteiger partial charge in [0.05, 0.1) is 63.4 Å². The summed E-state index contributed by atoms with van der Waals surface area (Å²) in [6.45, 7) is 13.9. The maximum absolute atomic E-state index is 13.7. The first-order chi connectivity index (χ1) is 38.2. The minimum Gasteiger partial charge on any atom is -0.356 e. The minimum absolute atomic E-state index is 0.0741. The van der Waals surface area contributed by atoms with Gasteiger partial charge in [0, 0.05) is 71.9 Å². The number of nitrogens with one attached hydrogen (secondary N) is 3. The van der Waals surface area contributed by atoms with Gasteiger partial charge in [-0.2, -0.15) is 18.6 Å². The fourth-order valence-corrected chi connectivity index (χ4v) is 11.9. The van der Waals surface area contributed by atoms with Gasteiger partial charge in [-0.15, -0.1) is 0 Å². The fraction of sp³-hybridized carbons (Fsp3) is 0.407. The number of amides is 2. The van der Waals surface area contributed by atoms with Crippen LogP contribution in [0.4, 0.5) is 17.2 Å². The molecule has 3 aromatic carbocycles. The van der Waals surface area contributed by atoms with Crippen LogP contribution in [0.2, 0.25) is 15.2 Å². The van der Waals surface area contributed by atoms with Crippen LogP contribution in [-0.2, 0) is 30.2 Å². The minimum atomic E-state index is -4.00. The van der Waals surface area contributed by atoms with E-state index in [1.807, 2.05) is 32.2 Å². The summed E-state index contributed by atoms with van der Waals surface area (Å²) in [6, 6.07) is 19.8. The van der Waals surface area contributed by atoms with E-state index in [1.165, 1.54) is 49.5 Å². The third-order valence-corrected chi connectivity index (χ3v) is 16.7. The Morgan fingerprint density at radius 1 is 0.630 bits per heavy atom. The summed E-state index contributed by atoms with van der Waals surface area (Å²) < 4.78 is 84.8. The van der Waals surface area contributed by atoms with Crippen LogP contribution >= 0.6 is 34.8 Å². The molecule has 0 bridgehead atoms. The molecule has 8 heterocycles.